The molecule has 1 aliphatic heterocycles. The fraction of sp³-hybridized carbons (Fsp3) is 0.179. The molecule has 0 bridgehead atoms. The van der Waals surface area contributed by atoms with Crippen LogP contribution in [0.3, 0.4) is 0 Å². The molecule has 1 aromatic heterocycles. The molecular weight excluding hydrogens is 577 g/mol. The van der Waals surface area contributed by atoms with E-state index in [1.807, 2.05) is 37.3 Å². The molecule has 4 aromatic rings. The van der Waals surface area contributed by atoms with Gasteiger partial charge in [0, 0.05) is 33.4 Å². The van der Waals surface area contributed by atoms with E-state index in [1.54, 1.807) is 28.9 Å². The van der Waals surface area contributed by atoms with E-state index in [0.29, 0.717) is 55.2 Å². The number of nitrogens with one attached hydrogen (secondary N) is 2. The minimum absolute atomic E-state index is 0.273. The molecular formula is C28H24Cl3N5O4. The van der Waals surface area contributed by atoms with Crippen LogP contribution in [0.5, 0.6) is 17.2 Å². The van der Waals surface area contributed by atoms with Crippen LogP contribution in [0.4, 0.5) is 11.6 Å². The average Bonchev–Trinajstić information content (AvgIpc) is 3.41. The first-order valence-electron chi connectivity index (χ1n) is 12.1. The quantitative estimate of drug-likeness (QED) is 0.230. The van der Waals surface area contributed by atoms with Crippen molar-refractivity contribution in [2.75, 3.05) is 24.9 Å². The number of fused-ring (bicyclic) bond motifs is 1. The summed E-state index contributed by atoms with van der Waals surface area (Å²) in [6.45, 7) is 2.09. The molecule has 0 radical (unpaired) electrons. The van der Waals surface area contributed by atoms with Gasteiger partial charge in [0.2, 0.25) is 5.95 Å². The summed E-state index contributed by atoms with van der Waals surface area (Å²) in [4.78, 5) is 18.1. The van der Waals surface area contributed by atoms with Gasteiger partial charge in [0.05, 0.1) is 30.5 Å². The molecule has 206 valence electrons. The summed E-state index contributed by atoms with van der Waals surface area (Å²) in [6.07, 6.45) is 1.43. The van der Waals surface area contributed by atoms with Crippen molar-refractivity contribution in [1.82, 2.24) is 14.8 Å². The highest BCUT2D eigenvalue weighted by molar-refractivity contribution is 6.35. The van der Waals surface area contributed by atoms with Crippen LogP contribution in [-0.2, 0) is 11.4 Å². The van der Waals surface area contributed by atoms with Crippen molar-refractivity contribution in [1.29, 1.82) is 0 Å². The molecule has 1 aliphatic rings. The number of ether oxygens (including phenoxy) is 3. The smallest absolute Gasteiger partial charge is 0.255 e. The zero-order valence-corrected chi connectivity index (χ0v) is 23.9. The van der Waals surface area contributed by atoms with E-state index in [1.165, 1.54) is 20.5 Å². The lowest BCUT2D eigenvalue weighted by Crippen LogP contribution is -2.31. The topological polar surface area (TPSA) is 99.5 Å². The number of hydrogen-bond acceptors (Lipinski definition) is 7. The molecule has 40 heavy (non-hydrogen) atoms. The number of halogens is 3. The number of amides is 1. The van der Waals surface area contributed by atoms with E-state index in [0.717, 1.165) is 11.1 Å². The Bertz CT molecular complexity index is 1600. The molecule has 1 atom stereocenters. The highest BCUT2D eigenvalue weighted by Gasteiger charge is 2.34. The van der Waals surface area contributed by atoms with Crippen molar-refractivity contribution >= 4 is 52.3 Å². The number of methoxy groups -OCH3 is 2. The van der Waals surface area contributed by atoms with Crippen molar-refractivity contribution < 1.29 is 19.0 Å². The first-order chi connectivity index (χ1) is 19.3. The van der Waals surface area contributed by atoms with Gasteiger partial charge >= 0.3 is 0 Å². The Balaban J connectivity index is 1.43. The second kappa shape index (κ2) is 11.7. The molecule has 5 rings (SSSR count). The van der Waals surface area contributed by atoms with Crippen molar-refractivity contribution in [3.05, 3.63) is 98.4 Å². The third-order valence-electron chi connectivity index (χ3n) is 6.37. The SMILES string of the molecule is COc1cc(NC(=O)C2=C(C)Nc3ncnn3[C@@H]2c2ccc(OCc3ccc(Cl)cc3Cl)cc2)c(OC)cc1Cl. The fourth-order valence-corrected chi connectivity index (χ4v) is 5.08. The minimum atomic E-state index is -0.571. The number of carbonyl (C=O) groups excluding carboxylic acids is 1. The van der Waals surface area contributed by atoms with Crippen LogP contribution in [0, 0.1) is 0 Å². The van der Waals surface area contributed by atoms with Gasteiger partial charge in [0.1, 0.15) is 36.2 Å². The van der Waals surface area contributed by atoms with Crippen molar-refractivity contribution in [3.8, 4) is 17.2 Å². The third kappa shape index (κ3) is 5.54. The molecule has 0 saturated heterocycles. The summed E-state index contributed by atoms with van der Waals surface area (Å²) in [5.74, 6) is 1.57. The van der Waals surface area contributed by atoms with Crippen LogP contribution in [0.15, 0.2) is 72.2 Å². The van der Waals surface area contributed by atoms with Crippen molar-refractivity contribution in [2.24, 2.45) is 0 Å². The van der Waals surface area contributed by atoms with Gasteiger partial charge in [-0.3, -0.25) is 4.79 Å². The molecule has 2 N–H and O–H groups in total. The lowest BCUT2D eigenvalue weighted by atomic mass is 9.95. The van der Waals surface area contributed by atoms with Crippen LogP contribution in [0.1, 0.15) is 24.1 Å². The van der Waals surface area contributed by atoms with Gasteiger partial charge < -0.3 is 24.8 Å². The van der Waals surface area contributed by atoms with E-state index in [2.05, 4.69) is 20.7 Å². The highest BCUT2D eigenvalue weighted by atomic mass is 35.5. The van der Waals surface area contributed by atoms with E-state index in [4.69, 9.17) is 49.0 Å². The van der Waals surface area contributed by atoms with Gasteiger partial charge in [0.25, 0.3) is 5.91 Å². The van der Waals surface area contributed by atoms with Crippen molar-refractivity contribution in [2.45, 2.75) is 19.6 Å². The maximum Gasteiger partial charge on any atom is 0.255 e. The normalized spacial score (nSPS) is 14.3. The van der Waals surface area contributed by atoms with Crippen LogP contribution in [0.2, 0.25) is 15.1 Å². The van der Waals surface area contributed by atoms with Crippen LogP contribution in [-0.4, -0.2) is 34.9 Å². The van der Waals surface area contributed by atoms with E-state index in [9.17, 15) is 4.79 Å². The summed E-state index contributed by atoms with van der Waals surface area (Å²) in [5.41, 5.74) is 3.08. The van der Waals surface area contributed by atoms with E-state index >= 15 is 0 Å². The molecule has 12 heteroatoms. The van der Waals surface area contributed by atoms with Gasteiger partial charge in [-0.1, -0.05) is 53.0 Å². The summed E-state index contributed by atoms with van der Waals surface area (Å²) in [6, 6.07) is 15.3. The fourth-order valence-electron chi connectivity index (χ4n) is 4.39. The highest BCUT2D eigenvalue weighted by Crippen LogP contribution is 2.39. The van der Waals surface area contributed by atoms with Gasteiger partial charge in [-0.15, -0.1) is 0 Å². The summed E-state index contributed by atoms with van der Waals surface area (Å²) in [5, 5.41) is 11.9. The monoisotopic (exact) mass is 599 g/mol. The average molecular weight is 601 g/mol. The number of allylic oxidation sites excluding steroid dienone is 1. The molecule has 0 spiro atoms. The lowest BCUT2D eigenvalue weighted by molar-refractivity contribution is -0.113. The number of carbonyl (C=O) groups is 1. The summed E-state index contributed by atoms with van der Waals surface area (Å²) < 4.78 is 18.4. The Morgan fingerprint density at radius 3 is 2.45 bits per heavy atom. The Labute approximate surface area is 245 Å². The molecule has 0 fully saturated rings. The number of rotatable bonds is 8. The number of anilines is 2. The Kier molecular flexibility index (Phi) is 8.07. The standard InChI is InChI=1S/C28H24Cl3N5O4/c1-15-25(27(37)35-22-12-23(38-2)21(31)11-24(22)39-3)26(36-28(34-15)32-14-33-36)16-5-8-19(9-6-16)40-13-17-4-7-18(29)10-20(17)30/h4-12,14,26H,13H2,1-3H3,(H,35,37)(H,32,33,34)/t26-/m1/s1. The molecule has 9 nitrogen and oxygen atoms in total. The minimum Gasteiger partial charge on any atom is -0.495 e. The lowest BCUT2D eigenvalue weighted by Gasteiger charge is -2.29. The maximum absolute atomic E-state index is 13.8. The molecule has 1 amide bonds. The first kappa shape index (κ1) is 27.6. The largest absolute Gasteiger partial charge is 0.495 e. The number of nitrogens with zero attached hydrogens (tertiary/aromatic N) is 3. The molecule has 2 heterocycles. The zero-order valence-electron chi connectivity index (χ0n) is 21.7. The van der Waals surface area contributed by atoms with E-state index < -0.39 is 6.04 Å². The zero-order chi connectivity index (χ0) is 28.4. The molecule has 0 aliphatic carbocycles. The van der Waals surface area contributed by atoms with E-state index in [-0.39, 0.29) is 12.5 Å². The predicted molar refractivity (Wildman–Crippen MR) is 155 cm³/mol. The maximum atomic E-state index is 13.8. The molecule has 0 saturated carbocycles. The Morgan fingerprint density at radius 1 is 1.00 bits per heavy atom. The number of hydrogen-bond donors (Lipinski definition) is 2. The van der Waals surface area contributed by atoms with Gasteiger partial charge in [-0.2, -0.15) is 10.1 Å². The first-order valence-corrected chi connectivity index (χ1v) is 13.2. The van der Waals surface area contributed by atoms with Gasteiger partial charge in [0.15, 0.2) is 0 Å². The van der Waals surface area contributed by atoms with Crippen LogP contribution in [0.25, 0.3) is 0 Å². The Morgan fingerprint density at radius 2 is 1.75 bits per heavy atom. The third-order valence-corrected chi connectivity index (χ3v) is 7.25. The number of aromatic nitrogens is 3. The second-order valence-corrected chi connectivity index (χ2v) is 10.1. The Hall–Kier alpha value is -3.92. The summed E-state index contributed by atoms with van der Waals surface area (Å²) in [7, 11) is 2.99. The van der Waals surface area contributed by atoms with Crippen molar-refractivity contribution in [3.63, 3.8) is 0 Å². The second-order valence-electron chi connectivity index (χ2n) is 8.83. The predicted octanol–water partition coefficient (Wildman–Crippen LogP) is 6.76. The van der Waals surface area contributed by atoms with Crippen LogP contribution < -0.4 is 24.8 Å². The van der Waals surface area contributed by atoms with Gasteiger partial charge in [-0.05, 0) is 36.8 Å². The van der Waals surface area contributed by atoms with Crippen LogP contribution >= 0.6 is 34.8 Å². The summed E-state index contributed by atoms with van der Waals surface area (Å²) >= 11 is 18.5. The van der Waals surface area contributed by atoms with Gasteiger partial charge in [-0.25, -0.2) is 4.68 Å². The molecule has 0 unspecified atom stereocenters. The number of benzene rings is 3. The molecule has 3 aromatic carbocycles.